The largest absolute Gasteiger partial charge is 0.468 e. The molecule has 1 heterocycles. The van der Waals surface area contributed by atoms with E-state index < -0.39 is 6.04 Å². The number of para-hydroxylation sites is 1. The molecule has 3 rings (SSSR count). The molecule has 0 radical (unpaired) electrons. The number of carbonyl (C=O) groups is 1. The first-order valence-corrected chi connectivity index (χ1v) is 9.86. The molecule has 0 aliphatic rings. The molecule has 5 heteroatoms. The lowest BCUT2D eigenvalue weighted by Crippen LogP contribution is -2.35. The summed E-state index contributed by atoms with van der Waals surface area (Å²) in [5.74, 6) is -0.265. The number of carbonyl (C=O) groups excluding carboxylic acids is 1. The molecule has 0 spiro atoms. The van der Waals surface area contributed by atoms with E-state index in [2.05, 4.69) is 60.8 Å². The summed E-state index contributed by atoms with van der Waals surface area (Å²) in [5, 5.41) is 1.13. The van der Waals surface area contributed by atoms with Gasteiger partial charge in [0, 0.05) is 28.4 Å². The topological polar surface area (TPSA) is 54.1 Å². The summed E-state index contributed by atoms with van der Waals surface area (Å²) in [4.78, 5) is 16.6. The van der Waals surface area contributed by atoms with Crippen molar-refractivity contribution in [3.63, 3.8) is 0 Å². The summed E-state index contributed by atoms with van der Waals surface area (Å²) < 4.78 is 8.28. The average Bonchev–Trinajstić information content (AvgIpc) is 3.07. The highest BCUT2D eigenvalue weighted by Crippen LogP contribution is 2.25. The first-order valence-electron chi connectivity index (χ1n) is 9.04. The van der Waals surface area contributed by atoms with Crippen LogP contribution >= 0.6 is 11.9 Å². The van der Waals surface area contributed by atoms with Crippen LogP contribution in [-0.4, -0.2) is 24.1 Å². The van der Waals surface area contributed by atoms with Crippen LogP contribution in [0.3, 0.4) is 0 Å². The fourth-order valence-corrected chi connectivity index (χ4v) is 3.73. The number of methoxy groups -OCH3 is 1. The molecular formula is C22H26N2O2S. The van der Waals surface area contributed by atoms with Gasteiger partial charge in [-0.1, -0.05) is 51.1 Å². The van der Waals surface area contributed by atoms with E-state index in [0.29, 0.717) is 6.42 Å². The van der Waals surface area contributed by atoms with E-state index in [1.54, 1.807) is 0 Å². The maximum absolute atomic E-state index is 12.3. The number of benzene rings is 2. The molecule has 0 bridgehead atoms. The van der Waals surface area contributed by atoms with E-state index in [-0.39, 0.29) is 11.4 Å². The van der Waals surface area contributed by atoms with Gasteiger partial charge in [-0.2, -0.15) is 0 Å². The number of hydrogen-bond acceptors (Lipinski definition) is 4. The second-order valence-corrected chi connectivity index (χ2v) is 8.54. The number of hydrogen-bond donors (Lipinski definition) is 2. The lowest BCUT2D eigenvalue weighted by Gasteiger charge is -2.19. The van der Waals surface area contributed by atoms with E-state index in [1.165, 1.54) is 24.6 Å². The quantitative estimate of drug-likeness (QED) is 0.473. The van der Waals surface area contributed by atoms with Crippen LogP contribution in [0.2, 0.25) is 0 Å². The smallest absolute Gasteiger partial charge is 0.324 e. The molecule has 1 unspecified atom stereocenters. The van der Waals surface area contributed by atoms with E-state index in [9.17, 15) is 4.79 Å². The first-order chi connectivity index (χ1) is 12.9. The Bertz CT molecular complexity index is 910. The predicted octanol–water partition coefficient (Wildman–Crippen LogP) is 4.85. The van der Waals surface area contributed by atoms with Crippen molar-refractivity contribution in [3.05, 3.63) is 65.9 Å². The van der Waals surface area contributed by atoms with Crippen molar-refractivity contribution in [1.82, 2.24) is 9.71 Å². The molecule has 1 aromatic heterocycles. The molecule has 142 valence electrons. The Labute approximate surface area is 164 Å². The number of aromatic amines is 1. The summed E-state index contributed by atoms with van der Waals surface area (Å²) in [5.41, 5.74) is 3.58. The average molecular weight is 383 g/mol. The molecule has 0 aliphatic heterocycles. The minimum Gasteiger partial charge on any atom is -0.468 e. The maximum atomic E-state index is 12.3. The van der Waals surface area contributed by atoms with Crippen molar-refractivity contribution in [2.75, 3.05) is 7.11 Å². The van der Waals surface area contributed by atoms with E-state index >= 15 is 0 Å². The Hall–Kier alpha value is -2.24. The minimum atomic E-state index is -0.429. The van der Waals surface area contributed by atoms with Crippen LogP contribution < -0.4 is 4.72 Å². The Morgan fingerprint density at radius 2 is 1.85 bits per heavy atom. The Balaban J connectivity index is 1.71. The van der Waals surface area contributed by atoms with Crippen LogP contribution in [-0.2, 0) is 21.4 Å². The number of aromatic nitrogens is 1. The zero-order chi connectivity index (χ0) is 19.4. The van der Waals surface area contributed by atoms with Gasteiger partial charge in [-0.15, -0.1) is 0 Å². The van der Waals surface area contributed by atoms with Gasteiger partial charge >= 0.3 is 5.97 Å². The fourth-order valence-electron chi connectivity index (χ4n) is 3.00. The number of rotatable bonds is 6. The molecule has 1 atom stereocenters. The van der Waals surface area contributed by atoms with Crippen molar-refractivity contribution in [2.24, 2.45) is 0 Å². The third-order valence-corrected chi connectivity index (χ3v) is 5.53. The molecule has 27 heavy (non-hydrogen) atoms. The third kappa shape index (κ3) is 4.73. The highest BCUT2D eigenvalue weighted by Gasteiger charge is 2.21. The molecule has 0 saturated carbocycles. The van der Waals surface area contributed by atoms with Gasteiger partial charge in [0.05, 0.1) is 7.11 Å². The lowest BCUT2D eigenvalue weighted by molar-refractivity contribution is -0.142. The number of nitrogens with one attached hydrogen (secondary N) is 2. The van der Waals surface area contributed by atoms with Gasteiger partial charge in [0.15, 0.2) is 0 Å². The summed E-state index contributed by atoms with van der Waals surface area (Å²) in [6, 6.07) is 16.1. The van der Waals surface area contributed by atoms with E-state index in [1.807, 2.05) is 24.4 Å². The molecule has 4 nitrogen and oxygen atoms in total. The Morgan fingerprint density at radius 1 is 1.15 bits per heavy atom. The monoisotopic (exact) mass is 382 g/mol. The van der Waals surface area contributed by atoms with Gasteiger partial charge in [-0.25, -0.2) is 4.72 Å². The van der Waals surface area contributed by atoms with Crippen LogP contribution in [0.4, 0.5) is 0 Å². The SMILES string of the molecule is COC(=O)C(Cc1c[nH]c2ccccc12)NSc1ccc(C(C)(C)C)cc1. The molecular weight excluding hydrogens is 356 g/mol. The Morgan fingerprint density at radius 3 is 2.52 bits per heavy atom. The van der Waals surface area contributed by atoms with Crippen molar-refractivity contribution in [2.45, 2.75) is 43.5 Å². The van der Waals surface area contributed by atoms with Gasteiger partial charge in [-0.3, -0.25) is 4.79 Å². The van der Waals surface area contributed by atoms with Crippen LogP contribution in [0.1, 0.15) is 31.9 Å². The number of ether oxygens (including phenoxy) is 1. The molecule has 3 aromatic rings. The molecule has 0 saturated heterocycles. The van der Waals surface area contributed by atoms with Gasteiger partial charge in [0.25, 0.3) is 0 Å². The Kier molecular flexibility index (Phi) is 5.92. The highest BCUT2D eigenvalue weighted by molar-refractivity contribution is 7.97. The molecule has 0 fully saturated rings. The van der Waals surface area contributed by atoms with Gasteiger partial charge in [0.2, 0.25) is 0 Å². The summed E-state index contributed by atoms with van der Waals surface area (Å²) in [7, 11) is 1.43. The van der Waals surface area contributed by atoms with Crippen LogP contribution in [0, 0.1) is 0 Å². The maximum Gasteiger partial charge on any atom is 0.324 e. The number of esters is 1. The second kappa shape index (κ2) is 8.19. The van der Waals surface area contributed by atoms with Crippen molar-refractivity contribution in [3.8, 4) is 0 Å². The number of H-pyrrole nitrogens is 1. The minimum absolute atomic E-state index is 0.126. The molecule has 2 aromatic carbocycles. The van der Waals surface area contributed by atoms with Crippen molar-refractivity contribution < 1.29 is 9.53 Å². The van der Waals surface area contributed by atoms with Gasteiger partial charge < -0.3 is 9.72 Å². The van der Waals surface area contributed by atoms with E-state index in [4.69, 9.17) is 4.74 Å². The predicted molar refractivity (Wildman–Crippen MR) is 112 cm³/mol. The lowest BCUT2D eigenvalue weighted by atomic mass is 9.87. The molecule has 2 N–H and O–H groups in total. The van der Waals surface area contributed by atoms with Crippen molar-refractivity contribution >= 4 is 28.8 Å². The third-order valence-electron chi connectivity index (χ3n) is 4.62. The fraction of sp³-hybridized carbons (Fsp3) is 0.318. The van der Waals surface area contributed by atoms with E-state index in [0.717, 1.165) is 21.4 Å². The van der Waals surface area contributed by atoms with Crippen LogP contribution in [0.15, 0.2) is 59.6 Å². The van der Waals surface area contributed by atoms with Gasteiger partial charge in [0.1, 0.15) is 6.04 Å². The second-order valence-electron chi connectivity index (χ2n) is 7.63. The summed E-state index contributed by atoms with van der Waals surface area (Å²) in [6.45, 7) is 6.59. The highest BCUT2D eigenvalue weighted by atomic mass is 32.2. The summed E-state index contributed by atoms with van der Waals surface area (Å²) >= 11 is 1.46. The van der Waals surface area contributed by atoms with Crippen LogP contribution in [0.5, 0.6) is 0 Å². The van der Waals surface area contributed by atoms with Gasteiger partial charge in [-0.05, 0) is 46.7 Å². The summed E-state index contributed by atoms with van der Waals surface area (Å²) in [6.07, 6.45) is 2.52. The zero-order valence-corrected chi connectivity index (χ0v) is 17.0. The number of fused-ring (bicyclic) bond motifs is 1. The van der Waals surface area contributed by atoms with Crippen LogP contribution in [0.25, 0.3) is 10.9 Å². The molecule has 0 amide bonds. The zero-order valence-electron chi connectivity index (χ0n) is 16.2. The normalized spacial score (nSPS) is 12.9. The van der Waals surface area contributed by atoms with Crippen molar-refractivity contribution in [1.29, 1.82) is 0 Å². The standard InChI is InChI=1S/C22H26N2O2S/c1-22(2,3)16-9-11-17(12-10-16)27-24-20(21(25)26-4)13-15-14-23-19-8-6-5-7-18(15)19/h5-12,14,20,23-24H,13H2,1-4H3. The molecule has 0 aliphatic carbocycles. The first kappa shape index (κ1) is 19.5.